The number of hydrogen-bond donors (Lipinski definition) is 1. The van der Waals surface area contributed by atoms with Crippen LogP contribution in [0.5, 0.6) is 0 Å². The first-order valence-electron chi connectivity index (χ1n) is 7.18. The molecule has 1 aliphatic heterocycles. The van der Waals surface area contributed by atoms with Crippen molar-refractivity contribution in [2.45, 2.75) is 12.8 Å². The highest BCUT2D eigenvalue weighted by molar-refractivity contribution is 9.11. The van der Waals surface area contributed by atoms with Crippen LogP contribution in [0.15, 0.2) is 51.4 Å². The summed E-state index contributed by atoms with van der Waals surface area (Å²) in [5, 5.41) is 2.81. The van der Waals surface area contributed by atoms with Gasteiger partial charge in [-0.3, -0.25) is 19.3 Å². The van der Waals surface area contributed by atoms with Crippen molar-refractivity contribution in [2.24, 2.45) is 0 Å². The summed E-state index contributed by atoms with van der Waals surface area (Å²) in [7, 11) is 0. The van der Waals surface area contributed by atoms with E-state index in [1.807, 2.05) is 12.1 Å². The van der Waals surface area contributed by atoms with Crippen LogP contribution in [0.1, 0.15) is 23.2 Å². The molecule has 0 unspecified atom stereocenters. The number of anilines is 2. The Morgan fingerprint density at radius 1 is 0.958 bits per heavy atom. The summed E-state index contributed by atoms with van der Waals surface area (Å²) in [5.41, 5.74) is 1.57. The van der Waals surface area contributed by atoms with Crippen molar-refractivity contribution < 1.29 is 14.4 Å². The van der Waals surface area contributed by atoms with Crippen LogP contribution in [-0.2, 0) is 9.59 Å². The lowest BCUT2D eigenvalue weighted by Gasteiger charge is -2.14. The number of benzene rings is 2. The molecule has 0 aliphatic carbocycles. The van der Waals surface area contributed by atoms with Gasteiger partial charge in [0.25, 0.3) is 5.91 Å². The Morgan fingerprint density at radius 3 is 2.21 bits per heavy atom. The zero-order chi connectivity index (χ0) is 17.3. The van der Waals surface area contributed by atoms with Gasteiger partial charge in [-0.15, -0.1) is 0 Å². The number of imide groups is 1. The van der Waals surface area contributed by atoms with E-state index in [0.717, 1.165) is 13.8 Å². The van der Waals surface area contributed by atoms with E-state index in [1.54, 1.807) is 30.3 Å². The van der Waals surface area contributed by atoms with E-state index >= 15 is 0 Å². The van der Waals surface area contributed by atoms with Crippen molar-refractivity contribution in [1.82, 2.24) is 0 Å². The van der Waals surface area contributed by atoms with E-state index in [-0.39, 0.29) is 30.6 Å². The molecule has 1 fully saturated rings. The van der Waals surface area contributed by atoms with Crippen molar-refractivity contribution in [2.75, 3.05) is 10.2 Å². The van der Waals surface area contributed by atoms with E-state index in [2.05, 4.69) is 37.2 Å². The Kier molecular flexibility index (Phi) is 4.82. The Hall–Kier alpha value is -1.99. The van der Waals surface area contributed by atoms with Gasteiger partial charge in [0.15, 0.2) is 0 Å². The molecule has 1 N–H and O–H groups in total. The molecule has 24 heavy (non-hydrogen) atoms. The van der Waals surface area contributed by atoms with Gasteiger partial charge in [0.1, 0.15) is 0 Å². The predicted molar refractivity (Wildman–Crippen MR) is 98.0 cm³/mol. The van der Waals surface area contributed by atoms with Gasteiger partial charge in [-0.1, -0.05) is 15.9 Å². The lowest BCUT2D eigenvalue weighted by atomic mass is 10.1. The highest BCUT2D eigenvalue weighted by Gasteiger charge is 2.30. The average molecular weight is 452 g/mol. The maximum absolute atomic E-state index is 12.3. The predicted octanol–water partition coefficient (Wildman–Crippen LogP) is 4.12. The number of hydrogen-bond acceptors (Lipinski definition) is 3. The zero-order valence-electron chi connectivity index (χ0n) is 12.4. The second-order valence-corrected chi connectivity index (χ2v) is 7.02. The second kappa shape index (κ2) is 6.86. The van der Waals surface area contributed by atoms with Gasteiger partial charge < -0.3 is 5.32 Å². The third-order valence-corrected chi connectivity index (χ3v) is 4.80. The Labute approximate surface area is 155 Å². The third kappa shape index (κ3) is 3.42. The van der Waals surface area contributed by atoms with E-state index in [4.69, 9.17) is 0 Å². The molecular weight excluding hydrogens is 440 g/mol. The summed E-state index contributed by atoms with van der Waals surface area (Å²) < 4.78 is 1.62. The fraction of sp³-hybridized carbons (Fsp3) is 0.118. The van der Waals surface area contributed by atoms with Gasteiger partial charge in [-0.05, 0) is 58.4 Å². The normalized spacial score (nSPS) is 14.2. The first kappa shape index (κ1) is 16.9. The minimum atomic E-state index is -0.278. The maximum atomic E-state index is 12.3. The Bertz CT molecular complexity index is 818. The lowest BCUT2D eigenvalue weighted by molar-refractivity contribution is -0.121. The molecule has 3 amide bonds. The molecule has 1 saturated heterocycles. The molecule has 122 valence electrons. The summed E-state index contributed by atoms with van der Waals surface area (Å²) in [4.78, 5) is 37.0. The minimum absolute atomic E-state index is 0.213. The number of amides is 3. The van der Waals surface area contributed by atoms with Crippen LogP contribution in [-0.4, -0.2) is 17.7 Å². The smallest absolute Gasteiger partial charge is 0.255 e. The number of carbonyl (C=O) groups excluding carboxylic acids is 3. The van der Waals surface area contributed by atoms with Crippen LogP contribution in [0.2, 0.25) is 0 Å². The van der Waals surface area contributed by atoms with Gasteiger partial charge in [-0.25, -0.2) is 0 Å². The molecule has 2 aromatic carbocycles. The molecule has 1 aliphatic rings. The van der Waals surface area contributed by atoms with Crippen LogP contribution < -0.4 is 10.2 Å². The Balaban J connectivity index is 1.78. The molecule has 0 bridgehead atoms. The topological polar surface area (TPSA) is 66.5 Å². The number of nitrogens with one attached hydrogen (secondary N) is 1. The zero-order valence-corrected chi connectivity index (χ0v) is 15.6. The number of nitrogens with zero attached hydrogens (tertiary/aromatic N) is 1. The SMILES string of the molecule is O=C(Nc1cc(Br)ccc1Br)c1ccc(N2C(=O)CCC2=O)cc1. The van der Waals surface area contributed by atoms with Gasteiger partial charge in [0.05, 0.1) is 11.4 Å². The molecule has 0 aromatic heterocycles. The van der Waals surface area contributed by atoms with Crippen LogP contribution in [0.3, 0.4) is 0 Å². The lowest BCUT2D eigenvalue weighted by Crippen LogP contribution is -2.28. The average Bonchev–Trinajstić information content (AvgIpc) is 2.90. The maximum Gasteiger partial charge on any atom is 0.255 e. The molecule has 5 nitrogen and oxygen atoms in total. The van der Waals surface area contributed by atoms with Crippen LogP contribution in [0.4, 0.5) is 11.4 Å². The van der Waals surface area contributed by atoms with Crippen molar-refractivity contribution in [3.05, 3.63) is 57.0 Å². The van der Waals surface area contributed by atoms with Gasteiger partial charge >= 0.3 is 0 Å². The van der Waals surface area contributed by atoms with E-state index in [9.17, 15) is 14.4 Å². The standard InChI is InChI=1S/C17H12Br2N2O3/c18-11-3-6-13(19)14(9-11)20-17(24)10-1-4-12(5-2-10)21-15(22)7-8-16(21)23/h1-6,9H,7-8H2,(H,20,24). The molecule has 3 rings (SSSR count). The van der Waals surface area contributed by atoms with Gasteiger partial charge in [0, 0.05) is 27.4 Å². The summed E-state index contributed by atoms with van der Waals surface area (Å²) in [6.07, 6.45) is 0.468. The molecular formula is C17H12Br2N2O3. The number of rotatable bonds is 3. The highest BCUT2D eigenvalue weighted by Crippen LogP contribution is 2.27. The quantitative estimate of drug-likeness (QED) is 0.714. The van der Waals surface area contributed by atoms with Crippen molar-refractivity contribution in [3.8, 4) is 0 Å². The highest BCUT2D eigenvalue weighted by atomic mass is 79.9. The minimum Gasteiger partial charge on any atom is -0.321 e. The fourth-order valence-corrected chi connectivity index (χ4v) is 3.12. The third-order valence-electron chi connectivity index (χ3n) is 3.62. The molecule has 0 spiro atoms. The van der Waals surface area contributed by atoms with Crippen LogP contribution in [0.25, 0.3) is 0 Å². The number of carbonyl (C=O) groups is 3. The van der Waals surface area contributed by atoms with Crippen molar-refractivity contribution >= 4 is 61.0 Å². The van der Waals surface area contributed by atoms with Crippen molar-refractivity contribution in [1.29, 1.82) is 0 Å². The van der Waals surface area contributed by atoms with Crippen molar-refractivity contribution in [3.63, 3.8) is 0 Å². The van der Waals surface area contributed by atoms with Crippen LogP contribution in [0, 0.1) is 0 Å². The monoisotopic (exact) mass is 450 g/mol. The fourth-order valence-electron chi connectivity index (χ4n) is 2.41. The summed E-state index contributed by atoms with van der Waals surface area (Å²) in [6.45, 7) is 0. The summed E-state index contributed by atoms with van der Waals surface area (Å²) >= 11 is 6.74. The van der Waals surface area contributed by atoms with E-state index in [0.29, 0.717) is 16.9 Å². The first-order chi connectivity index (χ1) is 11.5. The largest absolute Gasteiger partial charge is 0.321 e. The van der Waals surface area contributed by atoms with Gasteiger partial charge in [-0.2, -0.15) is 0 Å². The van der Waals surface area contributed by atoms with Gasteiger partial charge in [0.2, 0.25) is 11.8 Å². The second-order valence-electron chi connectivity index (χ2n) is 5.25. The number of halogens is 2. The Morgan fingerprint density at radius 2 is 1.58 bits per heavy atom. The summed E-state index contributed by atoms with van der Waals surface area (Å²) in [6, 6.07) is 11.9. The summed E-state index contributed by atoms with van der Waals surface area (Å²) in [5.74, 6) is -0.704. The molecule has 0 saturated carbocycles. The van der Waals surface area contributed by atoms with Crippen LogP contribution >= 0.6 is 31.9 Å². The van der Waals surface area contributed by atoms with E-state index in [1.165, 1.54) is 0 Å². The molecule has 0 atom stereocenters. The molecule has 2 aromatic rings. The first-order valence-corrected chi connectivity index (χ1v) is 8.76. The molecule has 7 heteroatoms. The molecule has 1 heterocycles. The molecule has 0 radical (unpaired) electrons. The van der Waals surface area contributed by atoms with E-state index < -0.39 is 0 Å².